The summed E-state index contributed by atoms with van der Waals surface area (Å²) in [4.78, 5) is 52.4. The third kappa shape index (κ3) is 13.8. The Kier molecular flexibility index (Phi) is 17.0. The number of primary amides is 1. The fraction of sp³-hybridized carbons (Fsp3) is 0.400. The smallest absolute Gasteiger partial charge is 0.265 e. The molecule has 8 rings (SSSR count). The number of thiazole rings is 1. The fourth-order valence-electron chi connectivity index (χ4n) is 8.44. The van der Waals surface area contributed by atoms with E-state index in [1.807, 2.05) is 99.9 Å². The van der Waals surface area contributed by atoms with Crippen LogP contribution in [0.3, 0.4) is 0 Å². The van der Waals surface area contributed by atoms with Gasteiger partial charge in [-0.1, -0.05) is 42.5 Å². The van der Waals surface area contributed by atoms with Gasteiger partial charge in [0.25, 0.3) is 5.91 Å². The van der Waals surface area contributed by atoms with Crippen molar-refractivity contribution in [3.8, 4) is 11.5 Å². The number of aliphatic hydroxyl groups excluding tert-OH is 2. The van der Waals surface area contributed by atoms with Crippen molar-refractivity contribution < 1.29 is 34.1 Å². The van der Waals surface area contributed by atoms with Gasteiger partial charge in [-0.05, 0) is 86.3 Å². The number of aryl methyl sites for hydroxylation is 4. The maximum absolute atomic E-state index is 12.5. The predicted molar refractivity (Wildman–Crippen MR) is 264 cm³/mol. The number of carbonyl (C=O) groups excluding carboxylic acids is 3. The maximum Gasteiger partial charge on any atom is 0.265 e. The number of anilines is 2. The minimum absolute atomic E-state index is 0.0114. The van der Waals surface area contributed by atoms with Gasteiger partial charge in [0.15, 0.2) is 0 Å². The molecule has 2 fully saturated rings. The Labute approximate surface area is 395 Å². The van der Waals surface area contributed by atoms with Crippen LogP contribution in [0.2, 0.25) is 0 Å². The standard InChI is InChI=1S/C26H33N5O4.C24H30N4O3S/c1-17-5-3-6-18(2)25(17)29-24(33)15-31-11-9-30(10-12-31)14-19(32)16-35-23-8-4-7-21-20(23)13-22(28-21)26(27)34;1-17-4-3-5-18(2)24(17)26-23(30)14-28-10-8-27(9-11-28)13-19(29)15-31-20-6-7-21-22(12-20)32-16-25-21/h3-8,13,19,28,32H,9-12,14-16H2,1-2H3,(H2,27,34)(H,29,33);3-7,12,16,19,29H,8-11,13-15H2,1-2H3,(H,26,30). The number of rotatable bonds is 17. The van der Waals surface area contributed by atoms with Crippen LogP contribution in [0.5, 0.6) is 11.5 Å². The first-order chi connectivity index (χ1) is 32.3. The highest BCUT2D eigenvalue weighted by molar-refractivity contribution is 7.16. The molecule has 0 aliphatic carbocycles. The molecule has 2 aliphatic rings. The van der Waals surface area contributed by atoms with Gasteiger partial charge in [0.05, 0.1) is 28.8 Å². The Balaban J connectivity index is 0.000000200. The summed E-state index contributed by atoms with van der Waals surface area (Å²) in [5.41, 5.74) is 15.3. The molecule has 67 heavy (non-hydrogen) atoms. The maximum atomic E-state index is 12.5. The summed E-state index contributed by atoms with van der Waals surface area (Å²) >= 11 is 1.58. The number of nitrogens with one attached hydrogen (secondary N) is 3. The zero-order valence-corrected chi connectivity index (χ0v) is 39.6. The lowest BCUT2D eigenvalue weighted by Crippen LogP contribution is -2.50. The lowest BCUT2D eigenvalue weighted by molar-refractivity contribution is -0.118. The van der Waals surface area contributed by atoms with E-state index in [2.05, 4.69) is 40.2 Å². The number of piperazine rings is 2. The van der Waals surface area contributed by atoms with Crippen LogP contribution in [0.15, 0.2) is 84.4 Å². The van der Waals surface area contributed by atoms with Crippen molar-refractivity contribution >= 4 is 61.6 Å². The lowest BCUT2D eigenvalue weighted by Gasteiger charge is -2.35. The first-order valence-electron chi connectivity index (χ1n) is 22.8. The second-order valence-electron chi connectivity index (χ2n) is 17.5. The summed E-state index contributed by atoms with van der Waals surface area (Å²) in [6, 6.07) is 24.9. The number of nitrogens with zero attached hydrogens (tertiary/aromatic N) is 5. The minimum Gasteiger partial charge on any atom is -0.491 e. The molecule has 3 amide bonds. The number of benzene rings is 4. The number of hydrogen-bond acceptors (Lipinski definition) is 13. The largest absolute Gasteiger partial charge is 0.491 e. The average Bonchev–Trinajstić information content (AvgIpc) is 3.97. The topological polar surface area (TPSA) is 202 Å². The molecule has 7 N–H and O–H groups in total. The van der Waals surface area contributed by atoms with Crippen molar-refractivity contribution in [3.05, 3.63) is 112 Å². The monoisotopic (exact) mass is 933 g/mol. The molecule has 2 aliphatic heterocycles. The molecule has 4 aromatic carbocycles. The van der Waals surface area contributed by atoms with Gasteiger partial charge in [-0.3, -0.25) is 34.0 Å². The third-order valence-electron chi connectivity index (χ3n) is 12.2. The Morgan fingerprint density at radius 2 is 1.18 bits per heavy atom. The third-order valence-corrected chi connectivity index (χ3v) is 13.0. The Morgan fingerprint density at radius 1 is 0.687 bits per heavy atom. The molecule has 16 nitrogen and oxygen atoms in total. The second kappa shape index (κ2) is 23.2. The van der Waals surface area contributed by atoms with E-state index in [9.17, 15) is 24.6 Å². The van der Waals surface area contributed by atoms with Crippen LogP contribution in [-0.4, -0.2) is 161 Å². The number of hydrogen-bond donors (Lipinski definition) is 6. The molecule has 2 unspecified atom stereocenters. The lowest BCUT2D eigenvalue weighted by atomic mass is 10.1. The number of para-hydroxylation sites is 2. The molecule has 4 heterocycles. The van der Waals surface area contributed by atoms with Crippen LogP contribution < -0.4 is 25.8 Å². The first kappa shape index (κ1) is 49.0. The van der Waals surface area contributed by atoms with E-state index >= 15 is 0 Å². The highest BCUT2D eigenvalue weighted by Gasteiger charge is 2.24. The molecule has 356 valence electrons. The highest BCUT2D eigenvalue weighted by atomic mass is 32.1. The molecule has 0 bridgehead atoms. The number of aliphatic hydroxyl groups is 2. The van der Waals surface area contributed by atoms with Crippen LogP contribution in [0.25, 0.3) is 21.1 Å². The number of nitrogens with two attached hydrogens (primary N) is 1. The van der Waals surface area contributed by atoms with Crippen LogP contribution in [0.4, 0.5) is 11.4 Å². The average molecular weight is 934 g/mol. The van der Waals surface area contributed by atoms with E-state index < -0.39 is 18.1 Å². The molecule has 0 saturated carbocycles. The van der Waals surface area contributed by atoms with Crippen LogP contribution in [-0.2, 0) is 9.59 Å². The Hall–Kier alpha value is -5.92. The van der Waals surface area contributed by atoms with Gasteiger partial charge in [0, 0.05) is 87.7 Å². The quantitative estimate of drug-likeness (QED) is 0.0732. The highest BCUT2D eigenvalue weighted by Crippen LogP contribution is 2.27. The van der Waals surface area contributed by atoms with Crippen molar-refractivity contribution in [2.75, 3.05) is 102 Å². The number of aromatic nitrogens is 2. The molecular formula is C50H63N9O7S. The van der Waals surface area contributed by atoms with Crippen LogP contribution >= 0.6 is 11.3 Å². The summed E-state index contributed by atoms with van der Waals surface area (Å²) in [6.07, 6.45) is -1.23. The summed E-state index contributed by atoms with van der Waals surface area (Å²) in [6.45, 7) is 16.5. The molecule has 6 aromatic rings. The van der Waals surface area contributed by atoms with E-state index in [0.717, 1.165) is 113 Å². The Morgan fingerprint density at radius 3 is 1.70 bits per heavy atom. The van der Waals surface area contributed by atoms with Gasteiger partial charge in [0.1, 0.15) is 42.6 Å². The summed E-state index contributed by atoms with van der Waals surface area (Å²) in [5, 5.41) is 27.8. The van der Waals surface area contributed by atoms with Crippen molar-refractivity contribution in [1.29, 1.82) is 0 Å². The summed E-state index contributed by atoms with van der Waals surface area (Å²) in [5.74, 6) is 0.810. The van der Waals surface area contributed by atoms with Crippen LogP contribution in [0.1, 0.15) is 32.7 Å². The number of fused-ring (bicyclic) bond motifs is 2. The molecule has 2 atom stereocenters. The van der Waals surface area contributed by atoms with Gasteiger partial charge in [0.2, 0.25) is 11.8 Å². The van der Waals surface area contributed by atoms with E-state index in [1.165, 1.54) is 0 Å². The molecule has 2 saturated heterocycles. The first-order valence-corrected chi connectivity index (χ1v) is 23.6. The van der Waals surface area contributed by atoms with E-state index in [-0.39, 0.29) is 25.0 Å². The molecule has 17 heteroatoms. The van der Waals surface area contributed by atoms with E-state index in [4.69, 9.17) is 15.2 Å². The Bertz CT molecular complexity index is 2580. The zero-order chi connectivity index (χ0) is 47.5. The number of β-amino-alcohol motifs (C(OH)–C–C–N with tert-alkyl or cyclic N) is 2. The van der Waals surface area contributed by atoms with Crippen molar-refractivity contribution in [2.24, 2.45) is 5.73 Å². The van der Waals surface area contributed by atoms with Gasteiger partial charge in [-0.2, -0.15) is 0 Å². The number of aromatic amines is 1. The fourth-order valence-corrected chi connectivity index (χ4v) is 9.14. The number of H-pyrrole nitrogens is 1. The summed E-state index contributed by atoms with van der Waals surface area (Å²) in [7, 11) is 0. The van der Waals surface area contributed by atoms with Gasteiger partial charge < -0.3 is 41.0 Å². The predicted octanol–water partition coefficient (Wildman–Crippen LogP) is 4.79. The number of ether oxygens (including phenoxy) is 2. The molecule has 0 radical (unpaired) electrons. The SMILES string of the molecule is Cc1cccc(C)c1NC(=O)CN1CCN(CC(O)COc2ccc3ncsc3c2)CC1.Cc1cccc(C)c1NC(=O)CN1CCN(CC(O)COc2cccc3[nH]c(C(N)=O)cc23)CC1. The normalized spacial score (nSPS) is 16.0. The van der Waals surface area contributed by atoms with Crippen molar-refractivity contribution in [1.82, 2.24) is 29.6 Å². The zero-order valence-electron chi connectivity index (χ0n) is 38.8. The van der Waals surface area contributed by atoms with Crippen molar-refractivity contribution in [3.63, 3.8) is 0 Å². The summed E-state index contributed by atoms with van der Waals surface area (Å²) < 4.78 is 12.7. The number of carbonyl (C=O) groups is 3. The molecule has 2 aromatic heterocycles. The van der Waals surface area contributed by atoms with Crippen LogP contribution in [0, 0.1) is 27.7 Å². The minimum atomic E-state index is -0.668. The molecular weight excluding hydrogens is 871 g/mol. The van der Waals surface area contributed by atoms with Gasteiger partial charge in [-0.15, -0.1) is 11.3 Å². The van der Waals surface area contributed by atoms with E-state index in [1.54, 1.807) is 23.5 Å². The number of amides is 3. The molecule has 0 spiro atoms. The van der Waals surface area contributed by atoms with Crippen molar-refractivity contribution in [2.45, 2.75) is 39.9 Å². The van der Waals surface area contributed by atoms with Gasteiger partial charge >= 0.3 is 0 Å². The van der Waals surface area contributed by atoms with E-state index in [0.29, 0.717) is 37.6 Å². The van der Waals surface area contributed by atoms with Gasteiger partial charge in [-0.25, -0.2) is 4.98 Å². The second-order valence-corrected chi connectivity index (χ2v) is 18.3.